The summed E-state index contributed by atoms with van der Waals surface area (Å²) in [6.45, 7) is 4.02. The van der Waals surface area contributed by atoms with Crippen molar-refractivity contribution >= 4 is 44.9 Å². The van der Waals surface area contributed by atoms with Gasteiger partial charge in [-0.05, 0) is 49.5 Å². The van der Waals surface area contributed by atoms with Gasteiger partial charge in [0.1, 0.15) is 0 Å². The maximum absolute atomic E-state index is 12.6. The number of hydrogen-bond acceptors (Lipinski definition) is 5. The van der Waals surface area contributed by atoms with Crippen LogP contribution in [0.1, 0.15) is 0 Å². The van der Waals surface area contributed by atoms with Crippen LogP contribution in [-0.4, -0.2) is 54.1 Å². The maximum atomic E-state index is 12.6. The van der Waals surface area contributed by atoms with Crippen LogP contribution in [0.4, 0.5) is 21.9 Å². The highest BCUT2D eigenvalue weighted by atomic mass is 16.2. The van der Waals surface area contributed by atoms with Crippen LogP contribution in [0.3, 0.4) is 0 Å². The van der Waals surface area contributed by atoms with Crippen molar-refractivity contribution in [3.05, 3.63) is 67.0 Å². The summed E-state index contributed by atoms with van der Waals surface area (Å²) in [5, 5.41) is 7.82. The van der Waals surface area contributed by atoms with Crippen LogP contribution in [0.2, 0.25) is 0 Å². The fourth-order valence-electron chi connectivity index (χ4n) is 3.97. The van der Waals surface area contributed by atoms with Gasteiger partial charge < -0.3 is 20.4 Å². The molecule has 7 nitrogen and oxygen atoms in total. The van der Waals surface area contributed by atoms with Gasteiger partial charge in [-0.15, -0.1) is 0 Å². The Balaban J connectivity index is 1.35. The van der Waals surface area contributed by atoms with Gasteiger partial charge in [0.15, 0.2) is 0 Å². The van der Waals surface area contributed by atoms with Crippen molar-refractivity contribution in [2.45, 2.75) is 0 Å². The number of fused-ring (bicyclic) bond motifs is 2. The highest BCUT2D eigenvalue weighted by molar-refractivity contribution is 6.02. The average molecular weight is 412 g/mol. The highest BCUT2D eigenvalue weighted by Crippen LogP contribution is 2.28. The zero-order valence-corrected chi connectivity index (χ0v) is 17.4. The number of pyridine rings is 2. The molecule has 0 spiro atoms. The van der Waals surface area contributed by atoms with E-state index < -0.39 is 0 Å². The Morgan fingerprint density at radius 1 is 0.871 bits per heavy atom. The lowest BCUT2D eigenvalue weighted by Crippen LogP contribution is -2.44. The molecule has 5 rings (SSSR count). The number of carbonyl (C=O) groups is 1. The fraction of sp³-hybridized carbons (Fsp3) is 0.208. The molecular formula is C24H24N6O. The second-order valence-electron chi connectivity index (χ2n) is 7.85. The second-order valence-corrected chi connectivity index (χ2v) is 7.85. The number of rotatable bonds is 3. The van der Waals surface area contributed by atoms with Crippen LogP contribution in [0.25, 0.3) is 21.8 Å². The summed E-state index contributed by atoms with van der Waals surface area (Å²) >= 11 is 0. The van der Waals surface area contributed by atoms with Gasteiger partial charge in [-0.2, -0.15) is 0 Å². The minimum absolute atomic E-state index is 0.304. The van der Waals surface area contributed by atoms with Gasteiger partial charge in [0.2, 0.25) is 0 Å². The molecule has 1 saturated heterocycles. The van der Waals surface area contributed by atoms with E-state index in [9.17, 15) is 4.79 Å². The van der Waals surface area contributed by atoms with Crippen molar-refractivity contribution in [3.63, 3.8) is 0 Å². The van der Waals surface area contributed by atoms with Crippen LogP contribution >= 0.6 is 0 Å². The van der Waals surface area contributed by atoms with E-state index in [1.807, 2.05) is 48.5 Å². The smallest absolute Gasteiger partial charge is 0.323 e. The number of benzene rings is 2. The predicted octanol–water partition coefficient (Wildman–Crippen LogP) is 4.18. The number of piperazine rings is 1. The highest BCUT2D eigenvalue weighted by Gasteiger charge is 2.17. The Hall–Kier alpha value is -3.71. The molecule has 4 aromatic rings. The summed E-state index contributed by atoms with van der Waals surface area (Å²) in [6, 6.07) is 17.4. The summed E-state index contributed by atoms with van der Waals surface area (Å²) in [5.41, 5.74) is 4.34. The molecule has 156 valence electrons. The fourth-order valence-corrected chi connectivity index (χ4v) is 3.97. The Morgan fingerprint density at radius 3 is 2.58 bits per heavy atom. The molecule has 3 heterocycles. The van der Waals surface area contributed by atoms with Gasteiger partial charge in [-0.25, -0.2) is 4.79 Å². The molecule has 0 atom stereocenters. The summed E-state index contributed by atoms with van der Waals surface area (Å²) in [4.78, 5) is 26.2. The van der Waals surface area contributed by atoms with Crippen LogP contribution in [0, 0.1) is 0 Å². The first-order valence-corrected chi connectivity index (χ1v) is 10.4. The van der Waals surface area contributed by atoms with E-state index in [2.05, 4.69) is 43.5 Å². The number of likely N-dealkylation sites (N-methyl/N-ethyl adjacent to an activating group) is 1. The van der Waals surface area contributed by atoms with Gasteiger partial charge in [-0.1, -0.05) is 12.1 Å². The van der Waals surface area contributed by atoms with E-state index in [-0.39, 0.29) is 6.03 Å². The zero-order chi connectivity index (χ0) is 21.2. The Labute approximate surface area is 180 Å². The minimum Gasteiger partial charge on any atom is -0.368 e. The Bertz CT molecular complexity index is 1250. The molecule has 0 unspecified atom stereocenters. The number of urea groups is 1. The van der Waals surface area contributed by atoms with Crippen molar-refractivity contribution in [2.24, 2.45) is 0 Å². The molecule has 7 heteroatoms. The minimum atomic E-state index is -0.304. The monoisotopic (exact) mass is 412 g/mol. The van der Waals surface area contributed by atoms with Gasteiger partial charge in [0.05, 0.1) is 22.9 Å². The zero-order valence-electron chi connectivity index (χ0n) is 17.4. The molecule has 31 heavy (non-hydrogen) atoms. The first kappa shape index (κ1) is 19.3. The number of hydrogen-bond donors (Lipinski definition) is 2. The molecule has 2 N–H and O–H groups in total. The van der Waals surface area contributed by atoms with E-state index >= 15 is 0 Å². The summed E-state index contributed by atoms with van der Waals surface area (Å²) < 4.78 is 0. The van der Waals surface area contributed by atoms with Crippen molar-refractivity contribution in [1.82, 2.24) is 14.9 Å². The van der Waals surface area contributed by atoms with Gasteiger partial charge in [0, 0.05) is 54.5 Å². The number of aromatic nitrogens is 2. The van der Waals surface area contributed by atoms with Crippen LogP contribution in [-0.2, 0) is 0 Å². The van der Waals surface area contributed by atoms with Gasteiger partial charge in [-0.3, -0.25) is 9.97 Å². The first-order chi connectivity index (χ1) is 15.2. The number of amides is 2. The topological polar surface area (TPSA) is 73.4 Å². The molecule has 2 amide bonds. The molecule has 0 saturated carbocycles. The van der Waals surface area contributed by atoms with E-state index in [0.717, 1.165) is 53.7 Å². The standard InChI is InChI=1S/C24H24N6O/c1-29-10-12-30(13-11-29)23-6-2-5-22-20(23)15-19(16-26-22)28-24(31)27-18-7-8-21-17(14-18)4-3-9-25-21/h2-9,14-16H,10-13H2,1H3,(H2,27,28,31). The molecule has 0 radical (unpaired) electrons. The molecule has 1 aliphatic heterocycles. The number of anilines is 3. The molecular weight excluding hydrogens is 388 g/mol. The molecule has 2 aromatic carbocycles. The lowest BCUT2D eigenvalue weighted by atomic mass is 10.1. The molecule has 1 aliphatic rings. The molecule has 0 aliphatic carbocycles. The van der Waals surface area contributed by atoms with E-state index in [4.69, 9.17) is 0 Å². The largest absolute Gasteiger partial charge is 0.368 e. The van der Waals surface area contributed by atoms with Crippen molar-refractivity contribution < 1.29 is 4.79 Å². The average Bonchev–Trinajstić information content (AvgIpc) is 2.79. The van der Waals surface area contributed by atoms with Crippen LogP contribution in [0.15, 0.2) is 67.0 Å². The summed E-state index contributed by atoms with van der Waals surface area (Å²) in [6.07, 6.45) is 3.45. The lowest BCUT2D eigenvalue weighted by molar-refractivity contribution is 0.262. The predicted molar refractivity (Wildman–Crippen MR) is 126 cm³/mol. The SMILES string of the molecule is CN1CCN(c2cccc3ncc(NC(=O)Nc4ccc5ncccc5c4)cc23)CC1. The third-order valence-corrected chi connectivity index (χ3v) is 5.67. The third-order valence-electron chi connectivity index (χ3n) is 5.67. The van der Waals surface area contributed by atoms with Crippen LogP contribution in [0.5, 0.6) is 0 Å². The van der Waals surface area contributed by atoms with Crippen molar-refractivity contribution in [1.29, 1.82) is 0 Å². The maximum Gasteiger partial charge on any atom is 0.323 e. The summed E-state index contributed by atoms with van der Waals surface area (Å²) in [7, 11) is 2.15. The Morgan fingerprint density at radius 2 is 1.71 bits per heavy atom. The van der Waals surface area contributed by atoms with Gasteiger partial charge >= 0.3 is 6.03 Å². The van der Waals surface area contributed by atoms with Crippen molar-refractivity contribution in [2.75, 3.05) is 48.8 Å². The Kier molecular flexibility index (Phi) is 5.09. The van der Waals surface area contributed by atoms with E-state index in [0.29, 0.717) is 11.4 Å². The van der Waals surface area contributed by atoms with E-state index in [1.165, 1.54) is 0 Å². The second kappa shape index (κ2) is 8.20. The summed E-state index contributed by atoms with van der Waals surface area (Å²) in [5.74, 6) is 0. The number of nitrogens with zero attached hydrogens (tertiary/aromatic N) is 4. The third kappa shape index (κ3) is 4.13. The number of nitrogens with one attached hydrogen (secondary N) is 2. The quantitative estimate of drug-likeness (QED) is 0.528. The van der Waals surface area contributed by atoms with Crippen molar-refractivity contribution in [3.8, 4) is 0 Å². The van der Waals surface area contributed by atoms with Gasteiger partial charge in [0.25, 0.3) is 0 Å². The molecule has 2 aromatic heterocycles. The normalized spacial score (nSPS) is 14.7. The first-order valence-electron chi connectivity index (χ1n) is 10.4. The van der Waals surface area contributed by atoms with Crippen LogP contribution < -0.4 is 15.5 Å². The van der Waals surface area contributed by atoms with E-state index in [1.54, 1.807) is 12.4 Å². The lowest BCUT2D eigenvalue weighted by Gasteiger charge is -2.34. The molecule has 1 fully saturated rings. The number of carbonyl (C=O) groups excluding carboxylic acids is 1. The molecule has 0 bridgehead atoms.